The van der Waals surface area contributed by atoms with Crippen molar-refractivity contribution in [1.29, 1.82) is 0 Å². The van der Waals surface area contributed by atoms with Gasteiger partial charge in [-0.3, -0.25) is 13.9 Å². The fourth-order valence-electron chi connectivity index (χ4n) is 4.79. The molecule has 1 aliphatic rings. The standard InChI is InChI=1S/C28H31F2N5O4/c1-17(2)35-24-22(26(37)33(27(35)38)12-5-13-36)34(15-18-7-9-20(29)10-8-18)23(32-24)21-6-4-11-31-25(21)39-16-19-14-28(19,3)30/h4,6-11,17,19,36H,5,12-16H2,1-3H3. The van der Waals surface area contributed by atoms with E-state index in [4.69, 9.17) is 9.72 Å². The lowest BCUT2D eigenvalue weighted by molar-refractivity contribution is 0.233. The van der Waals surface area contributed by atoms with E-state index in [9.17, 15) is 23.5 Å². The van der Waals surface area contributed by atoms with Crippen molar-refractivity contribution in [3.63, 3.8) is 0 Å². The number of aliphatic hydroxyl groups is 1. The van der Waals surface area contributed by atoms with Crippen LogP contribution < -0.4 is 16.0 Å². The lowest BCUT2D eigenvalue weighted by atomic mass is 10.2. The van der Waals surface area contributed by atoms with Gasteiger partial charge in [0.05, 0.1) is 12.2 Å². The van der Waals surface area contributed by atoms with Crippen LogP contribution in [0.15, 0.2) is 52.2 Å². The number of hydrogen-bond donors (Lipinski definition) is 1. The van der Waals surface area contributed by atoms with E-state index in [1.165, 1.54) is 23.6 Å². The van der Waals surface area contributed by atoms with Gasteiger partial charge in [0, 0.05) is 37.9 Å². The molecule has 11 heteroatoms. The fourth-order valence-corrected chi connectivity index (χ4v) is 4.79. The number of benzene rings is 1. The van der Waals surface area contributed by atoms with Gasteiger partial charge in [0.2, 0.25) is 5.88 Å². The summed E-state index contributed by atoms with van der Waals surface area (Å²) in [6, 6.07) is 9.01. The monoisotopic (exact) mass is 539 g/mol. The molecule has 0 aliphatic heterocycles. The molecule has 0 spiro atoms. The van der Waals surface area contributed by atoms with Crippen LogP contribution in [0.2, 0.25) is 0 Å². The Kier molecular flexibility index (Phi) is 7.11. The number of nitrogens with zero attached hydrogens (tertiary/aromatic N) is 5. The molecule has 3 heterocycles. The number of imidazole rings is 1. The molecule has 3 aromatic heterocycles. The molecule has 1 aliphatic carbocycles. The van der Waals surface area contributed by atoms with Crippen LogP contribution >= 0.6 is 0 Å². The van der Waals surface area contributed by atoms with Crippen LogP contribution in [0.4, 0.5) is 8.78 Å². The van der Waals surface area contributed by atoms with E-state index in [0.29, 0.717) is 23.4 Å². The SMILES string of the molecule is CC(C)n1c(=O)n(CCCO)c(=O)c2c1nc(-c1cccnc1OCC1CC1(C)F)n2Cc1ccc(F)cc1. The Balaban J connectivity index is 1.74. The third kappa shape index (κ3) is 5.10. The highest BCUT2D eigenvalue weighted by Crippen LogP contribution is 2.47. The van der Waals surface area contributed by atoms with Crippen molar-refractivity contribution < 1.29 is 18.6 Å². The van der Waals surface area contributed by atoms with Crippen LogP contribution in [-0.2, 0) is 13.1 Å². The van der Waals surface area contributed by atoms with E-state index in [1.807, 2.05) is 13.8 Å². The van der Waals surface area contributed by atoms with Crippen LogP contribution in [0.1, 0.15) is 45.2 Å². The number of alkyl halides is 1. The Labute approximate surface area is 223 Å². The van der Waals surface area contributed by atoms with E-state index >= 15 is 0 Å². The van der Waals surface area contributed by atoms with E-state index < -0.39 is 22.7 Å². The number of aliphatic hydroxyl groups excluding tert-OH is 1. The van der Waals surface area contributed by atoms with Gasteiger partial charge in [-0.05, 0) is 63.4 Å². The van der Waals surface area contributed by atoms with Gasteiger partial charge in [0.1, 0.15) is 17.3 Å². The molecule has 2 atom stereocenters. The molecule has 2 unspecified atom stereocenters. The molecule has 39 heavy (non-hydrogen) atoms. The fraction of sp³-hybridized carbons (Fsp3) is 0.429. The van der Waals surface area contributed by atoms with Gasteiger partial charge in [0.25, 0.3) is 5.56 Å². The largest absolute Gasteiger partial charge is 0.477 e. The first-order valence-electron chi connectivity index (χ1n) is 13.0. The maximum absolute atomic E-state index is 14.2. The molecule has 0 saturated heterocycles. The quantitative estimate of drug-likeness (QED) is 0.330. The Hall–Kier alpha value is -3.86. The predicted octanol–water partition coefficient (Wildman–Crippen LogP) is 3.70. The summed E-state index contributed by atoms with van der Waals surface area (Å²) >= 11 is 0. The summed E-state index contributed by atoms with van der Waals surface area (Å²) < 4.78 is 38.0. The summed E-state index contributed by atoms with van der Waals surface area (Å²) in [5, 5.41) is 9.37. The highest BCUT2D eigenvalue weighted by Gasteiger charge is 2.51. The Bertz CT molecular complexity index is 1620. The lowest BCUT2D eigenvalue weighted by Crippen LogP contribution is -2.41. The van der Waals surface area contributed by atoms with Crippen LogP contribution in [0, 0.1) is 11.7 Å². The van der Waals surface area contributed by atoms with E-state index in [-0.39, 0.29) is 61.7 Å². The maximum Gasteiger partial charge on any atom is 0.332 e. The molecule has 1 N–H and O–H groups in total. The third-order valence-corrected chi connectivity index (χ3v) is 7.14. The van der Waals surface area contributed by atoms with Crippen molar-refractivity contribution >= 4 is 11.2 Å². The van der Waals surface area contributed by atoms with Crippen LogP contribution in [-0.4, -0.2) is 47.7 Å². The zero-order valence-corrected chi connectivity index (χ0v) is 22.1. The second-order valence-electron chi connectivity index (χ2n) is 10.4. The Morgan fingerprint density at radius 3 is 2.54 bits per heavy atom. The summed E-state index contributed by atoms with van der Waals surface area (Å²) in [6.45, 7) is 5.33. The average Bonchev–Trinajstić information content (AvgIpc) is 3.35. The van der Waals surface area contributed by atoms with Crippen molar-refractivity contribution in [1.82, 2.24) is 23.7 Å². The zero-order chi connectivity index (χ0) is 27.9. The van der Waals surface area contributed by atoms with Crippen molar-refractivity contribution in [3.8, 4) is 17.3 Å². The summed E-state index contributed by atoms with van der Waals surface area (Å²) in [4.78, 5) is 36.3. The maximum atomic E-state index is 14.2. The predicted molar refractivity (Wildman–Crippen MR) is 142 cm³/mol. The van der Waals surface area contributed by atoms with Gasteiger partial charge < -0.3 is 14.4 Å². The molecule has 1 saturated carbocycles. The first-order valence-corrected chi connectivity index (χ1v) is 13.0. The minimum absolute atomic E-state index is 0.0402. The molecule has 5 rings (SSSR count). The number of ether oxygens (including phenoxy) is 1. The van der Waals surface area contributed by atoms with Gasteiger partial charge >= 0.3 is 5.69 Å². The Morgan fingerprint density at radius 1 is 1.18 bits per heavy atom. The van der Waals surface area contributed by atoms with E-state index in [0.717, 1.165) is 4.57 Å². The molecule has 206 valence electrons. The number of aromatic nitrogens is 5. The first-order chi connectivity index (χ1) is 18.6. The first kappa shape index (κ1) is 26.7. The normalized spacial score (nSPS) is 18.7. The van der Waals surface area contributed by atoms with Crippen molar-refractivity contribution in [2.75, 3.05) is 13.2 Å². The van der Waals surface area contributed by atoms with Crippen molar-refractivity contribution in [2.45, 2.75) is 58.4 Å². The van der Waals surface area contributed by atoms with Gasteiger partial charge in [-0.25, -0.2) is 23.5 Å². The van der Waals surface area contributed by atoms with Crippen LogP contribution in [0.3, 0.4) is 0 Å². The summed E-state index contributed by atoms with van der Waals surface area (Å²) in [5.41, 5.74) is -0.762. The molecule has 1 fully saturated rings. The molecular formula is C28H31F2N5O4. The van der Waals surface area contributed by atoms with Crippen molar-refractivity contribution in [3.05, 3.63) is 74.8 Å². The molecular weight excluding hydrogens is 508 g/mol. The van der Waals surface area contributed by atoms with Crippen LogP contribution in [0.5, 0.6) is 5.88 Å². The third-order valence-electron chi connectivity index (χ3n) is 7.14. The number of fused-ring (bicyclic) bond motifs is 1. The number of halogens is 2. The molecule has 0 amide bonds. The summed E-state index contributed by atoms with van der Waals surface area (Å²) in [5.74, 6) is -0.0652. The molecule has 4 aromatic rings. The zero-order valence-electron chi connectivity index (χ0n) is 22.1. The minimum atomic E-state index is -1.27. The molecule has 0 radical (unpaired) electrons. The van der Waals surface area contributed by atoms with E-state index in [1.54, 1.807) is 35.0 Å². The summed E-state index contributed by atoms with van der Waals surface area (Å²) in [6.07, 6.45) is 2.19. The van der Waals surface area contributed by atoms with E-state index in [2.05, 4.69) is 4.98 Å². The van der Waals surface area contributed by atoms with Crippen LogP contribution in [0.25, 0.3) is 22.6 Å². The average molecular weight is 540 g/mol. The lowest BCUT2D eigenvalue weighted by Gasteiger charge is -2.15. The minimum Gasteiger partial charge on any atom is -0.477 e. The van der Waals surface area contributed by atoms with Crippen molar-refractivity contribution in [2.24, 2.45) is 5.92 Å². The topological polar surface area (TPSA) is 104 Å². The Morgan fingerprint density at radius 2 is 1.90 bits per heavy atom. The molecule has 9 nitrogen and oxygen atoms in total. The molecule has 1 aromatic carbocycles. The second kappa shape index (κ2) is 10.4. The highest BCUT2D eigenvalue weighted by atomic mass is 19.1. The van der Waals surface area contributed by atoms with Gasteiger partial charge in [0.15, 0.2) is 11.2 Å². The highest BCUT2D eigenvalue weighted by molar-refractivity contribution is 5.78. The van der Waals surface area contributed by atoms with Gasteiger partial charge in [-0.2, -0.15) is 0 Å². The second-order valence-corrected chi connectivity index (χ2v) is 10.4. The smallest absolute Gasteiger partial charge is 0.332 e. The molecule has 0 bridgehead atoms. The summed E-state index contributed by atoms with van der Waals surface area (Å²) in [7, 11) is 0. The van der Waals surface area contributed by atoms with Gasteiger partial charge in [-0.1, -0.05) is 12.1 Å². The number of pyridine rings is 1. The number of hydrogen-bond acceptors (Lipinski definition) is 6. The number of rotatable bonds is 10. The van der Waals surface area contributed by atoms with Gasteiger partial charge in [-0.15, -0.1) is 0 Å².